The van der Waals surface area contributed by atoms with Gasteiger partial charge in [0.1, 0.15) is 5.56 Å². The zero-order valence-corrected chi connectivity index (χ0v) is 9.78. The van der Waals surface area contributed by atoms with Crippen molar-refractivity contribution >= 4 is 5.69 Å². The molecule has 0 spiro atoms. The second kappa shape index (κ2) is 5.14. The van der Waals surface area contributed by atoms with Gasteiger partial charge in [0.2, 0.25) is 0 Å². The number of nitro groups is 1. The average Bonchev–Trinajstić information content (AvgIpc) is 2.37. The van der Waals surface area contributed by atoms with Gasteiger partial charge in [-0.3, -0.25) is 10.1 Å². The van der Waals surface area contributed by atoms with Crippen molar-refractivity contribution in [2.75, 3.05) is 19.6 Å². The van der Waals surface area contributed by atoms with E-state index in [0.717, 1.165) is 6.07 Å². The Morgan fingerprint density at radius 1 is 1.42 bits per heavy atom. The van der Waals surface area contributed by atoms with Crippen LogP contribution in [0.15, 0.2) is 18.2 Å². The first-order valence-electron chi connectivity index (χ1n) is 5.63. The fourth-order valence-corrected chi connectivity index (χ4v) is 2.07. The maximum Gasteiger partial charge on any atom is 0.423 e. The number of halogens is 3. The van der Waals surface area contributed by atoms with Gasteiger partial charge in [0, 0.05) is 19.6 Å². The molecule has 5 nitrogen and oxygen atoms in total. The fourth-order valence-electron chi connectivity index (χ4n) is 2.07. The highest BCUT2D eigenvalue weighted by Gasteiger charge is 2.40. The lowest BCUT2D eigenvalue weighted by molar-refractivity contribution is -0.389. The Kier molecular flexibility index (Phi) is 3.72. The highest BCUT2D eigenvalue weighted by atomic mass is 19.4. The van der Waals surface area contributed by atoms with Gasteiger partial charge in [-0.05, 0) is 6.07 Å². The van der Waals surface area contributed by atoms with Crippen molar-refractivity contribution in [1.82, 2.24) is 10.6 Å². The number of nitrogens with zero attached hydrogens (tertiary/aromatic N) is 2. The molecule has 19 heavy (non-hydrogen) atoms. The molecule has 1 heterocycles. The summed E-state index contributed by atoms with van der Waals surface area (Å²) in [6, 6.07) is 2.61. The number of nitro benzene ring substituents is 1. The summed E-state index contributed by atoms with van der Waals surface area (Å²) < 4.78 is 38.4. The maximum atomic E-state index is 12.8. The summed E-state index contributed by atoms with van der Waals surface area (Å²) in [4.78, 5) is 9.99. The number of hydrogen-bond donors (Lipinski definition) is 1. The zero-order valence-electron chi connectivity index (χ0n) is 9.78. The molecule has 1 fully saturated rings. The molecule has 1 unspecified atom stereocenters. The predicted octanol–water partition coefficient (Wildman–Crippen LogP) is 1.86. The molecule has 103 valence electrons. The van der Waals surface area contributed by atoms with Crippen molar-refractivity contribution < 1.29 is 18.1 Å². The van der Waals surface area contributed by atoms with Crippen LogP contribution in [0.1, 0.15) is 17.2 Å². The zero-order chi connectivity index (χ0) is 14.0. The third kappa shape index (κ3) is 2.85. The largest absolute Gasteiger partial charge is 0.423 e. The Labute approximate surface area is 106 Å². The van der Waals surface area contributed by atoms with Gasteiger partial charge in [0.25, 0.3) is 5.69 Å². The van der Waals surface area contributed by atoms with Crippen LogP contribution < -0.4 is 10.6 Å². The van der Waals surface area contributed by atoms with Crippen LogP contribution in [0.5, 0.6) is 0 Å². The number of benzene rings is 1. The van der Waals surface area contributed by atoms with Gasteiger partial charge in [-0.25, -0.2) is 5.32 Å². The van der Waals surface area contributed by atoms with E-state index in [1.54, 1.807) is 0 Å². The average molecular weight is 274 g/mol. The van der Waals surface area contributed by atoms with Gasteiger partial charge in [-0.1, -0.05) is 12.1 Å². The van der Waals surface area contributed by atoms with E-state index in [2.05, 4.69) is 10.6 Å². The number of nitrogens with one attached hydrogen (secondary N) is 1. The van der Waals surface area contributed by atoms with Gasteiger partial charge in [0.15, 0.2) is 0 Å². The molecule has 2 rings (SSSR count). The summed E-state index contributed by atoms with van der Waals surface area (Å²) in [6.45, 7) is 1.36. The molecule has 1 aromatic carbocycles. The molecule has 0 aliphatic carbocycles. The van der Waals surface area contributed by atoms with E-state index in [0.29, 0.717) is 19.6 Å². The Hall–Kier alpha value is -1.67. The Morgan fingerprint density at radius 2 is 2.16 bits per heavy atom. The van der Waals surface area contributed by atoms with E-state index >= 15 is 0 Å². The predicted molar refractivity (Wildman–Crippen MR) is 60.7 cm³/mol. The number of alkyl halides is 3. The van der Waals surface area contributed by atoms with Crippen molar-refractivity contribution in [2.24, 2.45) is 0 Å². The quantitative estimate of drug-likeness (QED) is 0.661. The van der Waals surface area contributed by atoms with Crippen molar-refractivity contribution in [3.05, 3.63) is 39.4 Å². The summed E-state index contributed by atoms with van der Waals surface area (Å²) in [6.07, 6.45) is -4.75. The molecule has 1 N–H and O–H groups in total. The lowest BCUT2D eigenvalue weighted by Gasteiger charge is -2.23. The van der Waals surface area contributed by atoms with Crippen LogP contribution >= 0.6 is 0 Å². The first-order chi connectivity index (χ1) is 8.91. The summed E-state index contributed by atoms with van der Waals surface area (Å²) in [5.74, 6) is 0. The lowest BCUT2D eigenvalue weighted by atomic mass is 9.99. The minimum atomic E-state index is -4.75. The minimum Gasteiger partial charge on any atom is -0.313 e. The van der Waals surface area contributed by atoms with Crippen LogP contribution in [0, 0.1) is 10.1 Å². The third-order valence-electron chi connectivity index (χ3n) is 2.89. The molecule has 1 saturated heterocycles. The van der Waals surface area contributed by atoms with E-state index < -0.39 is 28.4 Å². The number of rotatable bonds is 2. The second-order valence-corrected chi connectivity index (χ2v) is 4.12. The Bertz CT molecular complexity index is 485. The highest BCUT2D eigenvalue weighted by Crippen LogP contribution is 2.39. The molecular weight excluding hydrogens is 263 g/mol. The molecule has 1 radical (unpaired) electrons. The molecule has 0 saturated carbocycles. The monoisotopic (exact) mass is 274 g/mol. The van der Waals surface area contributed by atoms with Crippen LogP contribution in [0.3, 0.4) is 0 Å². The van der Waals surface area contributed by atoms with E-state index in [1.165, 1.54) is 12.1 Å². The maximum absolute atomic E-state index is 12.8. The van der Waals surface area contributed by atoms with Crippen LogP contribution in [0.4, 0.5) is 18.9 Å². The van der Waals surface area contributed by atoms with Crippen LogP contribution in [0.2, 0.25) is 0 Å². The molecule has 0 aromatic heterocycles. The van der Waals surface area contributed by atoms with Crippen LogP contribution in [-0.2, 0) is 6.18 Å². The van der Waals surface area contributed by atoms with Crippen molar-refractivity contribution in [3.8, 4) is 0 Å². The SMILES string of the molecule is O=[N+]([O-])c1c(C2CNCC[N]2)cccc1C(F)(F)F. The van der Waals surface area contributed by atoms with Crippen molar-refractivity contribution in [2.45, 2.75) is 12.2 Å². The first kappa shape index (κ1) is 13.8. The van der Waals surface area contributed by atoms with Crippen LogP contribution in [-0.4, -0.2) is 24.6 Å². The summed E-state index contributed by atoms with van der Waals surface area (Å²) in [5.41, 5.74) is -2.12. The van der Waals surface area contributed by atoms with E-state index in [4.69, 9.17) is 0 Å². The standard InChI is InChI=1S/C11H11F3N3O2/c12-11(13,14)8-3-1-2-7(10(8)17(18)19)9-6-15-4-5-16-9/h1-3,9,15H,4-6H2. The number of piperazine rings is 1. The molecular formula is C11H11F3N3O2. The summed E-state index contributed by atoms with van der Waals surface area (Å²) >= 11 is 0. The molecule has 0 amide bonds. The van der Waals surface area contributed by atoms with Gasteiger partial charge in [-0.2, -0.15) is 13.2 Å². The molecule has 1 aliphatic heterocycles. The third-order valence-corrected chi connectivity index (χ3v) is 2.89. The second-order valence-electron chi connectivity index (χ2n) is 4.12. The Morgan fingerprint density at radius 3 is 2.68 bits per heavy atom. The molecule has 8 heteroatoms. The molecule has 1 aliphatic rings. The molecule has 1 atom stereocenters. The van der Waals surface area contributed by atoms with E-state index in [-0.39, 0.29) is 5.56 Å². The molecule has 1 aromatic rings. The first-order valence-corrected chi connectivity index (χ1v) is 5.63. The smallest absolute Gasteiger partial charge is 0.313 e. The minimum absolute atomic E-state index is 0.00650. The van der Waals surface area contributed by atoms with Gasteiger partial charge in [0.05, 0.1) is 16.5 Å². The van der Waals surface area contributed by atoms with E-state index in [9.17, 15) is 23.3 Å². The van der Waals surface area contributed by atoms with Crippen molar-refractivity contribution in [3.63, 3.8) is 0 Å². The fraction of sp³-hybridized carbons (Fsp3) is 0.455. The van der Waals surface area contributed by atoms with Crippen LogP contribution in [0.25, 0.3) is 0 Å². The van der Waals surface area contributed by atoms with Crippen molar-refractivity contribution in [1.29, 1.82) is 0 Å². The van der Waals surface area contributed by atoms with E-state index in [1.807, 2.05) is 0 Å². The van der Waals surface area contributed by atoms with Gasteiger partial charge >= 0.3 is 6.18 Å². The summed E-state index contributed by atoms with van der Waals surface area (Å²) in [7, 11) is 0. The van der Waals surface area contributed by atoms with Gasteiger partial charge in [-0.15, -0.1) is 0 Å². The lowest BCUT2D eigenvalue weighted by Crippen LogP contribution is -2.39. The van der Waals surface area contributed by atoms with Gasteiger partial charge < -0.3 is 5.32 Å². The molecule has 0 bridgehead atoms. The number of para-hydroxylation sites is 1. The number of hydrogen-bond acceptors (Lipinski definition) is 3. The highest BCUT2D eigenvalue weighted by molar-refractivity contribution is 5.51. The summed E-state index contributed by atoms with van der Waals surface area (Å²) in [5, 5.41) is 18.1. The normalized spacial score (nSPS) is 20.3. The topological polar surface area (TPSA) is 69.3 Å². The Balaban J connectivity index is 2.51.